The number of fused-ring (bicyclic) bond motifs is 9. The van der Waals surface area contributed by atoms with E-state index < -0.39 is 0 Å². The number of hydrogen-bond donors (Lipinski definition) is 0. The Labute approximate surface area is 459 Å². The van der Waals surface area contributed by atoms with Gasteiger partial charge in [-0.25, -0.2) is 0 Å². The SMILES string of the molecule is C=Cc1c(N(c2ccc(C#N)cc2-c2ccccc2)c2cccc3c2oc2ccccc23)cc(C(C)C)c2ccc3c(N(c4ccc(C#N)cc4-c4ccccc4)c4cccc5c4oc4ccccc45)cc(C(C)C)c(C)c3c12. The zero-order valence-electron chi connectivity index (χ0n) is 44.7. The molecule has 13 aromatic rings. The normalized spacial score (nSPS) is 11.6. The van der Waals surface area contributed by atoms with Crippen molar-refractivity contribution in [1.29, 1.82) is 10.5 Å². The van der Waals surface area contributed by atoms with E-state index in [1.165, 1.54) is 16.7 Å². The van der Waals surface area contributed by atoms with Crippen molar-refractivity contribution in [3.63, 3.8) is 0 Å². The summed E-state index contributed by atoms with van der Waals surface area (Å²) < 4.78 is 13.9. The highest BCUT2D eigenvalue weighted by atomic mass is 16.3. The molecule has 0 aliphatic rings. The number of furan rings is 2. The van der Waals surface area contributed by atoms with Crippen LogP contribution in [-0.2, 0) is 0 Å². The number of para-hydroxylation sites is 4. The number of benzene rings is 11. The third-order valence-corrected chi connectivity index (χ3v) is 15.8. The molecule has 6 heteroatoms. The highest BCUT2D eigenvalue weighted by molar-refractivity contribution is 6.22. The van der Waals surface area contributed by atoms with Crippen molar-refractivity contribution in [2.24, 2.45) is 0 Å². The molecule has 0 saturated carbocycles. The third kappa shape index (κ3) is 7.91. The maximum absolute atomic E-state index is 10.5. The van der Waals surface area contributed by atoms with E-state index in [1.807, 2.05) is 91.0 Å². The summed E-state index contributed by atoms with van der Waals surface area (Å²) in [5, 5.41) is 29.4. The van der Waals surface area contributed by atoms with Gasteiger partial charge < -0.3 is 18.6 Å². The summed E-state index contributed by atoms with van der Waals surface area (Å²) in [4.78, 5) is 4.71. The number of anilines is 6. The van der Waals surface area contributed by atoms with Crippen LogP contribution in [0.1, 0.15) is 72.9 Å². The third-order valence-electron chi connectivity index (χ3n) is 15.8. The fraction of sp³-hybridized carbons (Fsp3) is 0.0959. The van der Waals surface area contributed by atoms with Gasteiger partial charge in [0.05, 0.1) is 57.4 Å². The Hall–Kier alpha value is -10.1. The first kappa shape index (κ1) is 48.5. The predicted molar refractivity (Wildman–Crippen MR) is 329 cm³/mol. The first-order valence-electron chi connectivity index (χ1n) is 26.9. The molecule has 0 fully saturated rings. The zero-order valence-corrected chi connectivity index (χ0v) is 44.7. The summed E-state index contributed by atoms with van der Waals surface area (Å²) in [6.07, 6.45) is 2.03. The zero-order chi connectivity index (χ0) is 54.1. The Kier molecular flexibility index (Phi) is 11.9. The maximum atomic E-state index is 10.5. The fourth-order valence-electron chi connectivity index (χ4n) is 12.2. The molecule has 0 spiro atoms. The lowest BCUT2D eigenvalue weighted by Crippen LogP contribution is -2.15. The largest absolute Gasteiger partial charge is 0.454 e. The molecule has 0 unspecified atom stereocenters. The Balaban J connectivity index is 1.20. The molecule has 0 N–H and O–H groups in total. The Morgan fingerprint density at radius 2 is 0.873 bits per heavy atom. The quantitative estimate of drug-likeness (QED) is 0.120. The van der Waals surface area contributed by atoms with Crippen molar-refractivity contribution >= 4 is 106 Å². The molecule has 0 amide bonds. The fourth-order valence-corrected chi connectivity index (χ4v) is 12.2. The van der Waals surface area contributed by atoms with E-state index in [-0.39, 0.29) is 11.8 Å². The van der Waals surface area contributed by atoms with Gasteiger partial charge in [0.15, 0.2) is 11.2 Å². The van der Waals surface area contributed by atoms with Crippen molar-refractivity contribution in [3.8, 4) is 34.4 Å². The molecule has 6 nitrogen and oxygen atoms in total. The molecule has 79 heavy (non-hydrogen) atoms. The van der Waals surface area contributed by atoms with Crippen LogP contribution in [0.25, 0.3) is 93.8 Å². The summed E-state index contributed by atoms with van der Waals surface area (Å²) in [7, 11) is 0. The van der Waals surface area contributed by atoms with E-state index in [0.29, 0.717) is 11.1 Å². The Morgan fingerprint density at radius 3 is 1.37 bits per heavy atom. The van der Waals surface area contributed by atoms with E-state index in [2.05, 4.69) is 178 Å². The monoisotopic (exact) mass is 1020 g/mol. The first-order chi connectivity index (χ1) is 38.6. The van der Waals surface area contributed by atoms with Gasteiger partial charge in [0.1, 0.15) is 11.2 Å². The summed E-state index contributed by atoms with van der Waals surface area (Å²) in [5.41, 5.74) is 17.9. The summed E-state index contributed by atoms with van der Waals surface area (Å²) >= 11 is 0. The van der Waals surface area contributed by atoms with E-state index in [9.17, 15) is 10.5 Å². The van der Waals surface area contributed by atoms with Gasteiger partial charge >= 0.3 is 0 Å². The van der Waals surface area contributed by atoms with Gasteiger partial charge in [0.2, 0.25) is 0 Å². The topological polar surface area (TPSA) is 80.3 Å². The van der Waals surface area contributed by atoms with Crippen LogP contribution in [0.2, 0.25) is 0 Å². The lowest BCUT2D eigenvalue weighted by molar-refractivity contribution is 0.668. The van der Waals surface area contributed by atoms with Gasteiger partial charge in [-0.2, -0.15) is 10.5 Å². The molecule has 13 rings (SSSR count). The van der Waals surface area contributed by atoms with Gasteiger partial charge in [0, 0.05) is 43.6 Å². The second kappa shape index (κ2) is 19.5. The van der Waals surface area contributed by atoms with Gasteiger partial charge in [0.25, 0.3) is 0 Å². The van der Waals surface area contributed by atoms with E-state index in [1.54, 1.807) is 0 Å². The summed E-state index contributed by atoms with van der Waals surface area (Å²) in [5.74, 6) is 0.212. The average Bonchev–Trinajstić information content (AvgIpc) is 4.25. The van der Waals surface area contributed by atoms with E-state index in [4.69, 9.17) is 15.4 Å². The van der Waals surface area contributed by atoms with Crippen molar-refractivity contribution in [3.05, 3.63) is 246 Å². The molecule has 0 saturated heterocycles. The number of rotatable bonds is 11. The van der Waals surface area contributed by atoms with Gasteiger partial charge in [-0.05, 0) is 136 Å². The minimum atomic E-state index is 0.0956. The van der Waals surface area contributed by atoms with Crippen molar-refractivity contribution in [1.82, 2.24) is 0 Å². The molecule has 11 aromatic carbocycles. The number of aryl methyl sites for hydroxylation is 1. The van der Waals surface area contributed by atoms with Crippen LogP contribution in [0.4, 0.5) is 34.1 Å². The highest BCUT2D eigenvalue weighted by Crippen LogP contribution is 2.54. The molecule has 0 bridgehead atoms. The molecule has 2 aromatic heterocycles. The number of hydrogen-bond acceptors (Lipinski definition) is 6. The average molecular weight is 1020 g/mol. The molecule has 2 heterocycles. The van der Waals surface area contributed by atoms with E-state index >= 15 is 0 Å². The molecular formula is C73H54N4O2. The first-order valence-corrected chi connectivity index (χ1v) is 26.9. The molecule has 378 valence electrons. The Morgan fingerprint density at radius 1 is 0.418 bits per heavy atom. The second-order valence-corrected chi connectivity index (χ2v) is 21.0. The van der Waals surface area contributed by atoms with Gasteiger partial charge in [-0.3, -0.25) is 0 Å². The lowest BCUT2D eigenvalue weighted by Gasteiger charge is -2.33. The highest BCUT2D eigenvalue weighted by Gasteiger charge is 2.30. The van der Waals surface area contributed by atoms with Crippen molar-refractivity contribution < 1.29 is 8.83 Å². The van der Waals surface area contributed by atoms with Gasteiger partial charge in [-0.15, -0.1) is 0 Å². The van der Waals surface area contributed by atoms with Crippen LogP contribution < -0.4 is 9.80 Å². The predicted octanol–water partition coefficient (Wildman–Crippen LogP) is 21.0. The molecule has 0 aliphatic carbocycles. The Bertz CT molecular complexity index is 4680. The maximum Gasteiger partial charge on any atom is 0.159 e. The van der Waals surface area contributed by atoms with Crippen LogP contribution in [0.15, 0.2) is 222 Å². The van der Waals surface area contributed by atoms with Crippen LogP contribution in [-0.4, -0.2) is 0 Å². The molecule has 0 aliphatic heterocycles. The smallest absolute Gasteiger partial charge is 0.159 e. The van der Waals surface area contributed by atoms with Crippen LogP contribution in [0.5, 0.6) is 0 Å². The van der Waals surface area contributed by atoms with Crippen molar-refractivity contribution in [2.45, 2.75) is 46.5 Å². The van der Waals surface area contributed by atoms with Gasteiger partial charge in [-0.1, -0.05) is 174 Å². The molecule has 0 radical (unpaired) electrons. The number of nitriles is 2. The van der Waals surface area contributed by atoms with Crippen LogP contribution in [0, 0.1) is 29.6 Å². The lowest BCUT2D eigenvalue weighted by atomic mass is 9.84. The molecule has 0 atom stereocenters. The minimum Gasteiger partial charge on any atom is -0.454 e. The standard InChI is InChI=1S/C73H54N4O2/c1-7-51-66(76(62-36-32-47(42-74)38-60(62)49-20-10-8-11-21-49)64-28-18-26-55-52-24-14-16-30-68(52)78-72(55)64)41-59(45(4)5)54-34-35-57-67(40-58(44(2)3)46(6)70(57)71(51)54)77(63-37-33-48(43-75)39-61(63)50-22-12-9-13-23-50)65-29-19-27-56-53-25-15-17-31-69(53)79-73(56)65/h7-41,44-45H,1H2,2-6H3. The summed E-state index contributed by atoms with van der Waals surface area (Å²) in [6.45, 7) is 16.1. The van der Waals surface area contributed by atoms with Crippen LogP contribution >= 0.6 is 0 Å². The summed E-state index contributed by atoms with van der Waals surface area (Å²) in [6, 6.07) is 76.1. The van der Waals surface area contributed by atoms with E-state index in [0.717, 1.165) is 127 Å². The van der Waals surface area contributed by atoms with Crippen molar-refractivity contribution in [2.75, 3.05) is 9.80 Å². The minimum absolute atomic E-state index is 0.0956. The molecular weight excluding hydrogens is 965 g/mol. The number of nitrogens with zero attached hydrogens (tertiary/aromatic N) is 4. The van der Waals surface area contributed by atoms with Crippen LogP contribution in [0.3, 0.4) is 0 Å². The second-order valence-electron chi connectivity index (χ2n) is 21.0.